The van der Waals surface area contributed by atoms with E-state index in [1.165, 1.54) is 11.4 Å². The lowest BCUT2D eigenvalue weighted by molar-refractivity contribution is 0.0662. The van der Waals surface area contributed by atoms with Gasteiger partial charge in [-0.3, -0.25) is 0 Å². The van der Waals surface area contributed by atoms with Gasteiger partial charge < -0.3 is 4.74 Å². The van der Waals surface area contributed by atoms with Crippen LogP contribution in [-0.2, 0) is 15.6 Å². The third-order valence-electron chi connectivity index (χ3n) is 1.25. The summed E-state index contributed by atoms with van der Waals surface area (Å²) in [6, 6.07) is 0. The number of likely N-dealkylation sites (N-methyl/N-ethyl adjacent to an activating group) is 1. The van der Waals surface area contributed by atoms with Gasteiger partial charge in [-0.1, -0.05) is 0 Å². The van der Waals surface area contributed by atoms with Crippen LogP contribution in [0.1, 0.15) is 13.8 Å². The molecule has 0 rings (SSSR count). The molecule has 1 atom stereocenters. The van der Waals surface area contributed by atoms with Crippen molar-refractivity contribution in [3.8, 4) is 0 Å². The fourth-order valence-corrected chi connectivity index (χ4v) is 1.14. The van der Waals surface area contributed by atoms with E-state index in [2.05, 4.69) is 0 Å². The minimum absolute atomic E-state index is 0.0297. The first-order valence-electron chi connectivity index (χ1n) is 3.55. The zero-order valence-electron chi connectivity index (χ0n) is 7.11. The fourth-order valence-electron chi connectivity index (χ4n) is 0.776. The van der Waals surface area contributed by atoms with E-state index in [0.717, 1.165) is 0 Å². The quantitative estimate of drug-likeness (QED) is 0.601. The third kappa shape index (κ3) is 5.17. The minimum Gasteiger partial charge on any atom is -0.377 e. The van der Waals surface area contributed by atoms with Crippen molar-refractivity contribution < 1.29 is 13.2 Å². The molecule has 0 aliphatic heterocycles. The highest BCUT2D eigenvalue weighted by atomic mass is 32.2. The van der Waals surface area contributed by atoms with Crippen LogP contribution < -0.4 is 0 Å². The average Bonchev–Trinajstić information content (AvgIpc) is 1.87. The first-order valence-corrected chi connectivity index (χ1v) is 4.68. The molecule has 0 spiro atoms. The Morgan fingerprint density at radius 1 is 1.55 bits per heavy atom. The second-order valence-electron chi connectivity index (χ2n) is 2.34. The summed E-state index contributed by atoms with van der Waals surface area (Å²) in [5.41, 5.74) is 0. The van der Waals surface area contributed by atoms with Crippen LogP contribution in [0.5, 0.6) is 0 Å². The average molecular weight is 181 g/mol. The molecular formula is C6H15NO3S. The van der Waals surface area contributed by atoms with E-state index in [9.17, 15) is 8.42 Å². The van der Waals surface area contributed by atoms with Gasteiger partial charge in [-0.25, -0.2) is 12.7 Å². The Kier molecular flexibility index (Phi) is 5.45. The molecule has 4 nitrogen and oxygen atoms in total. The molecule has 11 heavy (non-hydrogen) atoms. The van der Waals surface area contributed by atoms with Gasteiger partial charge in [-0.2, -0.15) is 0 Å². The molecule has 0 aromatic heterocycles. The lowest BCUT2D eigenvalue weighted by Crippen LogP contribution is -2.27. The fraction of sp³-hybridized carbons (Fsp3) is 1.00. The van der Waals surface area contributed by atoms with Crippen molar-refractivity contribution in [2.45, 2.75) is 20.0 Å². The van der Waals surface area contributed by atoms with E-state index >= 15 is 0 Å². The van der Waals surface area contributed by atoms with Crippen LogP contribution in [0.2, 0.25) is 0 Å². The largest absolute Gasteiger partial charge is 0.377 e. The molecule has 0 aromatic rings. The molecule has 0 amide bonds. The Morgan fingerprint density at radius 2 is 2.09 bits per heavy atom. The highest BCUT2D eigenvalue weighted by Gasteiger charge is 2.06. The summed E-state index contributed by atoms with van der Waals surface area (Å²) >= 11 is 0. The number of ether oxygens (including phenoxy) is 1. The topological polar surface area (TPSA) is 46.6 Å². The molecule has 5 heteroatoms. The predicted molar refractivity (Wildman–Crippen MR) is 44.0 cm³/mol. The second kappa shape index (κ2) is 5.51. The SMILES string of the molecule is CCO[C@@H](C)CN(C)[SH](=O)=O. The van der Waals surface area contributed by atoms with E-state index in [1.54, 1.807) is 0 Å². The van der Waals surface area contributed by atoms with Crippen molar-refractivity contribution in [3.63, 3.8) is 0 Å². The van der Waals surface area contributed by atoms with E-state index in [0.29, 0.717) is 13.2 Å². The molecule has 0 saturated heterocycles. The zero-order chi connectivity index (χ0) is 8.85. The standard InChI is InChI=1S/C6H15NO3S/c1-4-10-6(2)5-7(3)11(8)9/h6,11H,4-5H2,1-3H3/t6-/m0/s1. The van der Waals surface area contributed by atoms with E-state index in [1.807, 2.05) is 13.8 Å². The summed E-state index contributed by atoms with van der Waals surface area (Å²) in [5, 5.41) is 0. The van der Waals surface area contributed by atoms with Gasteiger partial charge in [-0.05, 0) is 13.8 Å². The Hall–Kier alpha value is -0.130. The molecule has 0 radical (unpaired) electrons. The van der Waals surface area contributed by atoms with Crippen molar-refractivity contribution in [3.05, 3.63) is 0 Å². The smallest absolute Gasteiger partial charge is 0.203 e. The number of hydrogen-bond donors (Lipinski definition) is 1. The molecule has 0 aromatic carbocycles. The maximum atomic E-state index is 10.3. The summed E-state index contributed by atoms with van der Waals surface area (Å²) in [7, 11) is -0.923. The maximum absolute atomic E-state index is 10.3. The van der Waals surface area contributed by atoms with E-state index in [-0.39, 0.29) is 6.10 Å². The molecule has 0 saturated carbocycles. The number of hydrogen-bond acceptors (Lipinski definition) is 3. The summed E-state index contributed by atoms with van der Waals surface area (Å²) in [5.74, 6) is 0. The Balaban J connectivity index is 3.65. The normalized spacial score (nSPS) is 14.3. The van der Waals surface area contributed by atoms with Crippen molar-refractivity contribution in [1.29, 1.82) is 0 Å². The van der Waals surface area contributed by atoms with Crippen LogP contribution in [0.25, 0.3) is 0 Å². The molecule has 0 bridgehead atoms. The summed E-state index contributed by atoms with van der Waals surface area (Å²) < 4.78 is 27.1. The lowest BCUT2D eigenvalue weighted by atomic mass is 10.4. The lowest BCUT2D eigenvalue weighted by Gasteiger charge is -2.15. The number of rotatable bonds is 5. The molecule has 68 valence electrons. The zero-order valence-corrected chi connectivity index (χ0v) is 8.01. The highest BCUT2D eigenvalue weighted by Crippen LogP contribution is 1.93. The van der Waals surface area contributed by atoms with Crippen LogP contribution >= 0.6 is 0 Å². The first-order chi connectivity index (χ1) is 5.07. The monoisotopic (exact) mass is 181 g/mol. The Morgan fingerprint density at radius 3 is 2.45 bits per heavy atom. The Bertz CT molecular complexity index is 161. The molecule has 0 fully saturated rings. The summed E-state index contributed by atoms with van der Waals surface area (Å²) in [4.78, 5) is 0. The first kappa shape index (κ1) is 10.9. The maximum Gasteiger partial charge on any atom is 0.203 e. The van der Waals surface area contributed by atoms with Crippen LogP contribution in [-0.4, -0.2) is 39.0 Å². The predicted octanol–water partition coefficient (Wildman–Crippen LogP) is -0.130. The molecule has 0 aliphatic carbocycles. The van der Waals surface area contributed by atoms with Gasteiger partial charge in [0.1, 0.15) is 0 Å². The second-order valence-corrected chi connectivity index (χ2v) is 3.50. The van der Waals surface area contributed by atoms with E-state index < -0.39 is 10.9 Å². The van der Waals surface area contributed by atoms with Gasteiger partial charge in [0.25, 0.3) is 0 Å². The molecule has 0 unspecified atom stereocenters. The van der Waals surface area contributed by atoms with Crippen molar-refractivity contribution in [2.75, 3.05) is 20.2 Å². The van der Waals surface area contributed by atoms with Crippen LogP contribution in [0.4, 0.5) is 0 Å². The molecule has 0 N–H and O–H groups in total. The molecule has 0 aliphatic rings. The number of thiol groups is 1. The van der Waals surface area contributed by atoms with E-state index in [4.69, 9.17) is 4.74 Å². The van der Waals surface area contributed by atoms with Gasteiger partial charge in [0.2, 0.25) is 10.9 Å². The van der Waals surface area contributed by atoms with Gasteiger partial charge in [0.15, 0.2) is 0 Å². The van der Waals surface area contributed by atoms with Crippen molar-refractivity contribution >= 4 is 10.9 Å². The summed E-state index contributed by atoms with van der Waals surface area (Å²) in [6.45, 7) is 4.77. The minimum atomic E-state index is -2.45. The molecule has 0 heterocycles. The van der Waals surface area contributed by atoms with Gasteiger partial charge in [0, 0.05) is 20.2 Å². The highest BCUT2D eigenvalue weighted by molar-refractivity contribution is 7.69. The summed E-state index contributed by atoms with van der Waals surface area (Å²) in [6.07, 6.45) is -0.0297. The van der Waals surface area contributed by atoms with Crippen LogP contribution in [0.3, 0.4) is 0 Å². The Labute approximate surface area is 69.2 Å². The van der Waals surface area contributed by atoms with Crippen LogP contribution in [0.15, 0.2) is 0 Å². The van der Waals surface area contributed by atoms with Gasteiger partial charge >= 0.3 is 0 Å². The molecular weight excluding hydrogens is 166 g/mol. The van der Waals surface area contributed by atoms with Gasteiger partial charge in [0.05, 0.1) is 6.10 Å². The van der Waals surface area contributed by atoms with Crippen molar-refractivity contribution in [2.24, 2.45) is 0 Å². The van der Waals surface area contributed by atoms with Crippen LogP contribution in [0, 0.1) is 0 Å². The van der Waals surface area contributed by atoms with Crippen molar-refractivity contribution in [1.82, 2.24) is 4.31 Å². The number of nitrogens with zero attached hydrogens (tertiary/aromatic N) is 1. The third-order valence-corrected chi connectivity index (χ3v) is 1.97. The van der Waals surface area contributed by atoms with Gasteiger partial charge in [-0.15, -0.1) is 0 Å².